The van der Waals surface area contributed by atoms with Crippen LogP contribution in [0.5, 0.6) is 0 Å². The minimum atomic E-state index is -0.198. The molecule has 0 heterocycles. The molecule has 0 spiro atoms. The number of hydrogen-bond donors (Lipinski definition) is 1. The van der Waals surface area contributed by atoms with Crippen molar-refractivity contribution >= 4 is 27.5 Å². The third-order valence-corrected chi connectivity index (χ3v) is 4.02. The van der Waals surface area contributed by atoms with Crippen molar-refractivity contribution in [2.45, 2.75) is 37.6 Å². The molecule has 2 rings (SSSR count). The first kappa shape index (κ1) is 11.4. The Hall–Kier alpha value is -0.0500. The fraction of sp³-hybridized carbons (Fsp3) is 0.500. The summed E-state index contributed by atoms with van der Waals surface area (Å²) >= 11 is 9.66. The van der Waals surface area contributed by atoms with E-state index in [-0.39, 0.29) is 5.54 Å². The number of hydrogen-bond acceptors (Lipinski definition) is 1. The normalized spacial score (nSPS) is 20.2. The van der Waals surface area contributed by atoms with Gasteiger partial charge in [-0.05, 0) is 30.5 Å². The Morgan fingerprint density at radius 1 is 1.20 bits per heavy atom. The molecule has 1 aromatic rings. The van der Waals surface area contributed by atoms with Crippen LogP contribution in [0.2, 0.25) is 5.02 Å². The maximum Gasteiger partial charge on any atom is 0.0467 e. The number of rotatable bonds is 1. The van der Waals surface area contributed by atoms with Gasteiger partial charge in [-0.2, -0.15) is 0 Å². The van der Waals surface area contributed by atoms with E-state index in [1.165, 1.54) is 19.3 Å². The van der Waals surface area contributed by atoms with Gasteiger partial charge in [0.1, 0.15) is 0 Å². The summed E-state index contributed by atoms with van der Waals surface area (Å²) in [5.74, 6) is 0. The average Bonchev–Trinajstić information content (AvgIpc) is 2.18. The van der Waals surface area contributed by atoms with Crippen LogP contribution in [0.3, 0.4) is 0 Å². The summed E-state index contributed by atoms with van der Waals surface area (Å²) in [5, 5.41) is 0.786. The van der Waals surface area contributed by atoms with E-state index in [4.69, 9.17) is 17.3 Å². The second kappa shape index (κ2) is 4.44. The van der Waals surface area contributed by atoms with Gasteiger partial charge in [-0.1, -0.05) is 52.9 Å². The molecule has 1 aliphatic carbocycles. The van der Waals surface area contributed by atoms with Crippen molar-refractivity contribution in [1.82, 2.24) is 0 Å². The van der Waals surface area contributed by atoms with Gasteiger partial charge in [0.25, 0.3) is 0 Å². The maximum absolute atomic E-state index is 6.43. The first-order chi connectivity index (χ1) is 7.12. The van der Waals surface area contributed by atoms with Gasteiger partial charge >= 0.3 is 0 Å². The molecule has 0 amide bonds. The van der Waals surface area contributed by atoms with Gasteiger partial charge in [0.2, 0.25) is 0 Å². The number of halogens is 2. The molecule has 1 fully saturated rings. The smallest absolute Gasteiger partial charge is 0.0467 e. The maximum atomic E-state index is 6.43. The highest BCUT2D eigenvalue weighted by Gasteiger charge is 2.31. The van der Waals surface area contributed by atoms with Gasteiger partial charge < -0.3 is 5.73 Å². The fourth-order valence-electron chi connectivity index (χ4n) is 2.35. The highest BCUT2D eigenvalue weighted by Crippen LogP contribution is 2.38. The van der Waals surface area contributed by atoms with E-state index in [0.29, 0.717) is 0 Å². The Balaban J connectivity index is 2.35. The molecule has 1 aliphatic rings. The van der Waals surface area contributed by atoms with Crippen molar-refractivity contribution in [3.8, 4) is 0 Å². The van der Waals surface area contributed by atoms with Crippen molar-refractivity contribution < 1.29 is 0 Å². The van der Waals surface area contributed by atoms with Crippen LogP contribution in [-0.4, -0.2) is 0 Å². The number of nitrogens with two attached hydrogens (primary N) is 1. The minimum Gasteiger partial charge on any atom is -0.321 e. The van der Waals surface area contributed by atoms with Crippen LogP contribution in [0.1, 0.15) is 37.7 Å². The molecule has 0 atom stereocenters. The lowest BCUT2D eigenvalue weighted by atomic mass is 9.77. The molecule has 0 unspecified atom stereocenters. The number of benzene rings is 1. The van der Waals surface area contributed by atoms with Crippen LogP contribution in [-0.2, 0) is 5.54 Å². The molecule has 15 heavy (non-hydrogen) atoms. The Labute approximate surface area is 104 Å². The largest absolute Gasteiger partial charge is 0.321 e. The zero-order chi connectivity index (χ0) is 10.9. The monoisotopic (exact) mass is 287 g/mol. The van der Waals surface area contributed by atoms with E-state index in [2.05, 4.69) is 22.0 Å². The fourth-order valence-corrected chi connectivity index (χ4v) is 3.21. The second-order valence-corrected chi connectivity index (χ2v) is 5.66. The molecule has 0 bridgehead atoms. The molecule has 0 aliphatic heterocycles. The van der Waals surface area contributed by atoms with Crippen LogP contribution in [0.4, 0.5) is 0 Å². The van der Waals surface area contributed by atoms with E-state index < -0.39 is 0 Å². The van der Waals surface area contributed by atoms with E-state index in [9.17, 15) is 0 Å². The molecule has 1 nitrogen and oxygen atoms in total. The Kier molecular flexibility index (Phi) is 3.39. The Bertz CT molecular complexity index is 359. The van der Waals surface area contributed by atoms with Gasteiger partial charge in [-0.15, -0.1) is 0 Å². The summed E-state index contributed by atoms with van der Waals surface area (Å²) in [6, 6.07) is 6.00. The standard InChI is InChI=1S/C12H15BrClN/c13-9-4-5-10(11(14)8-9)12(15)6-2-1-3-7-12/h4-5,8H,1-3,6-7,15H2. The van der Waals surface area contributed by atoms with Crippen molar-refractivity contribution in [2.24, 2.45) is 5.73 Å². The van der Waals surface area contributed by atoms with E-state index >= 15 is 0 Å². The van der Waals surface area contributed by atoms with E-state index in [1.807, 2.05) is 12.1 Å². The van der Waals surface area contributed by atoms with Crippen molar-refractivity contribution in [2.75, 3.05) is 0 Å². The Morgan fingerprint density at radius 3 is 2.47 bits per heavy atom. The molecule has 3 heteroatoms. The highest BCUT2D eigenvalue weighted by atomic mass is 79.9. The lowest BCUT2D eigenvalue weighted by Crippen LogP contribution is -2.38. The van der Waals surface area contributed by atoms with Gasteiger partial charge in [0, 0.05) is 15.0 Å². The van der Waals surface area contributed by atoms with Crippen molar-refractivity contribution in [3.05, 3.63) is 33.3 Å². The van der Waals surface area contributed by atoms with Crippen LogP contribution in [0.25, 0.3) is 0 Å². The summed E-state index contributed by atoms with van der Waals surface area (Å²) in [6.07, 6.45) is 5.82. The molecule has 2 N–H and O–H groups in total. The molecule has 1 aromatic carbocycles. The lowest BCUT2D eigenvalue weighted by molar-refractivity contribution is 0.302. The quantitative estimate of drug-likeness (QED) is 0.822. The highest BCUT2D eigenvalue weighted by molar-refractivity contribution is 9.10. The Morgan fingerprint density at radius 2 is 1.87 bits per heavy atom. The van der Waals surface area contributed by atoms with Gasteiger partial charge in [-0.25, -0.2) is 0 Å². The van der Waals surface area contributed by atoms with Crippen LogP contribution in [0, 0.1) is 0 Å². The summed E-state index contributed by atoms with van der Waals surface area (Å²) in [4.78, 5) is 0. The van der Waals surface area contributed by atoms with Gasteiger partial charge in [0.05, 0.1) is 0 Å². The van der Waals surface area contributed by atoms with Gasteiger partial charge in [0.15, 0.2) is 0 Å². The topological polar surface area (TPSA) is 26.0 Å². The third kappa shape index (κ3) is 2.38. The van der Waals surface area contributed by atoms with Crippen LogP contribution < -0.4 is 5.73 Å². The lowest BCUT2D eigenvalue weighted by Gasteiger charge is -2.34. The molecule has 0 saturated heterocycles. The summed E-state index contributed by atoms with van der Waals surface area (Å²) < 4.78 is 1.01. The molecule has 0 radical (unpaired) electrons. The van der Waals surface area contributed by atoms with Crippen LogP contribution >= 0.6 is 27.5 Å². The van der Waals surface area contributed by atoms with E-state index in [0.717, 1.165) is 27.9 Å². The predicted octanol–water partition coefficient (Wildman–Crippen LogP) is 4.22. The molecule has 1 saturated carbocycles. The third-order valence-electron chi connectivity index (χ3n) is 3.21. The summed E-state index contributed by atoms with van der Waals surface area (Å²) in [7, 11) is 0. The summed E-state index contributed by atoms with van der Waals surface area (Å²) in [5.41, 5.74) is 7.34. The minimum absolute atomic E-state index is 0.198. The van der Waals surface area contributed by atoms with Crippen LogP contribution in [0.15, 0.2) is 22.7 Å². The molecular weight excluding hydrogens is 273 g/mol. The van der Waals surface area contributed by atoms with E-state index in [1.54, 1.807) is 0 Å². The molecule has 0 aromatic heterocycles. The first-order valence-electron chi connectivity index (χ1n) is 5.36. The van der Waals surface area contributed by atoms with Crippen molar-refractivity contribution in [3.63, 3.8) is 0 Å². The zero-order valence-electron chi connectivity index (χ0n) is 8.60. The predicted molar refractivity (Wildman–Crippen MR) is 68.1 cm³/mol. The van der Waals surface area contributed by atoms with Gasteiger partial charge in [-0.3, -0.25) is 0 Å². The zero-order valence-corrected chi connectivity index (χ0v) is 10.9. The molecular formula is C12H15BrClN. The second-order valence-electron chi connectivity index (χ2n) is 4.34. The average molecular weight is 289 g/mol. The first-order valence-corrected chi connectivity index (χ1v) is 6.53. The van der Waals surface area contributed by atoms with Crippen molar-refractivity contribution in [1.29, 1.82) is 0 Å². The molecule has 82 valence electrons. The SMILES string of the molecule is NC1(c2ccc(Br)cc2Cl)CCCCC1. The summed E-state index contributed by atoms with van der Waals surface area (Å²) in [6.45, 7) is 0.